The molecule has 6 heterocycles. The lowest BCUT2D eigenvalue weighted by molar-refractivity contribution is -1.86. The van der Waals surface area contributed by atoms with E-state index in [1.165, 1.54) is 6.92 Å². The Morgan fingerprint density at radius 1 is 0.556 bits per heavy atom. The van der Waals surface area contributed by atoms with Crippen LogP contribution in [0.2, 0.25) is 0 Å². The molecule has 6 saturated heterocycles. The highest BCUT2D eigenvalue weighted by Crippen LogP contribution is 2.40. The molecule has 6 fully saturated rings. The first-order valence-corrected chi connectivity index (χ1v) is 6.70. The van der Waals surface area contributed by atoms with Gasteiger partial charge in [-0.05, 0) is 6.92 Å². The summed E-state index contributed by atoms with van der Waals surface area (Å²) >= 11 is 0. The molecule has 0 amide bonds. The van der Waals surface area contributed by atoms with E-state index >= 15 is 0 Å². The van der Waals surface area contributed by atoms with E-state index in [9.17, 15) is 0 Å². The number of rotatable bonds is 1. The maximum absolute atomic E-state index is 5.79. The molecule has 8 atom stereocenters. The van der Waals surface area contributed by atoms with Gasteiger partial charge < -0.3 is 0 Å². The molecule has 0 aromatic rings. The van der Waals surface area contributed by atoms with Crippen LogP contribution in [0, 0.1) is 0 Å². The summed E-state index contributed by atoms with van der Waals surface area (Å²) in [6.07, 6.45) is 0. The lowest BCUT2D eigenvalue weighted by Gasteiger charge is -2.40. The van der Waals surface area contributed by atoms with Crippen molar-refractivity contribution in [2.24, 2.45) is 29.2 Å². The molecule has 27 heavy (non-hydrogen) atoms. The summed E-state index contributed by atoms with van der Waals surface area (Å²) in [5.74, 6) is 28.6. The topological polar surface area (TPSA) is 247 Å². The van der Waals surface area contributed by atoms with Gasteiger partial charge in [-0.25, -0.2) is 0 Å². The molecule has 0 aliphatic carbocycles. The summed E-state index contributed by atoms with van der Waals surface area (Å²) in [6.45, 7) is 1.18. The van der Waals surface area contributed by atoms with Crippen LogP contribution >= 0.6 is 0 Å². The van der Waals surface area contributed by atoms with Gasteiger partial charge in [0.2, 0.25) is 35.5 Å². The van der Waals surface area contributed by atoms with E-state index in [0.29, 0.717) is 0 Å². The van der Waals surface area contributed by atoms with Gasteiger partial charge in [0.1, 0.15) is 0 Å². The standard InChI is InChI=1S/C2H15N13O12/c1-2-10-17-8-16-9-19-11(3,21-10)24-15(7)26-13(5,20-9)23-12(4,18-8)25-14(6,22-10)27-15/h2-7H2,1H3/q+6. The highest BCUT2D eigenvalue weighted by atomic mass is 17.7. The number of hydrogen-bond donors (Lipinski definition) is 5. The smallest absolute Gasteiger partial charge is 0.0836 e. The minimum absolute atomic E-state index is 0.00966. The van der Waals surface area contributed by atoms with E-state index in [1.807, 2.05) is 0 Å². The third-order valence-electron chi connectivity index (χ3n) is 2.87. The first-order valence-electron chi connectivity index (χ1n) is 6.70. The lowest BCUT2D eigenvalue weighted by atomic mass is 10.8. The lowest BCUT2D eigenvalue weighted by Crippen LogP contribution is -2.89. The van der Waals surface area contributed by atoms with Gasteiger partial charge in [0.25, 0.3) is 0 Å². The van der Waals surface area contributed by atoms with Crippen LogP contribution in [-0.4, -0.2) is 47.7 Å². The molecule has 6 aliphatic heterocycles. The fraction of sp³-hybridized carbons (Fsp3) is 1.00. The fourth-order valence-corrected chi connectivity index (χ4v) is 2.11. The van der Waals surface area contributed by atoms with Gasteiger partial charge in [0, 0.05) is 4.94 Å². The summed E-state index contributed by atoms with van der Waals surface area (Å²) in [7, 11) is 0. The average molecular weight is 413 g/mol. The SMILES string of the molecule is CC[N+]12ON3ON4O[N+]5(N)O[N+](N)(O3)O[N+](N)(O[N+](N)(O5)O[N+](N)(O4)O1)O2. The second-order valence-corrected chi connectivity index (χ2v) is 5.05. The first-order chi connectivity index (χ1) is 12.4. The molecule has 154 valence electrons. The summed E-state index contributed by atoms with van der Waals surface area (Å²) in [5, 5.41) is -10.2. The minimum atomic E-state index is -2.12. The van der Waals surface area contributed by atoms with Crippen LogP contribution in [0.1, 0.15) is 6.92 Å². The molecule has 25 nitrogen and oxygen atoms in total. The van der Waals surface area contributed by atoms with Gasteiger partial charge in [0.05, 0.1) is 14.8 Å². The average Bonchev–Trinajstić information content (AvgIpc) is 2.36. The summed E-state index contributed by atoms with van der Waals surface area (Å²) in [6, 6.07) is 0. The van der Waals surface area contributed by atoms with E-state index in [2.05, 4.69) is 0 Å². The highest BCUT2D eigenvalue weighted by molar-refractivity contribution is 3.92. The second kappa shape index (κ2) is 4.94. The van der Waals surface area contributed by atoms with E-state index in [-0.39, 0.29) is 17.3 Å². The van der Waals surface area contributed by atoms with Crippen LogP contribution in [0.15, 0.2) is 0 Å². The Kier molecular flexibility index (Phi) is 3.30. The van der Waals surface area contributed by atoms with Gasteiger partial charge in [-0.3, -0.25) is 0 Å². The van der Waals surface area contributed by atoms with Crippen LogP contribution in [0.3, 0.4) is 0 Å². The Labute approximate surface area is 144 Å². The van der Waals surface area contributed by atoms with Crippen LogP contribution < -0.4 is 29.2 Å². The number of nitrogens with zero attached hydrogens (tertiary/aromatic N) is 8. The predicted molar refractivity (Wildman–Crippen MR) is 49.7 cm³/mol. The van der Waals surface area contributed by atoms with Gasteiger partial charge in [0.15, 0.2) is 21.4 Å². The van der Waals surface area contributed by atoms with Crippen molar-refractivity contribution in [1.82, 2.24) is 10.8 Å². The molecular weight excluding hydrogens is 398 g/mol. The van der Waals surface area contributed by atoms with Crippen molar-refractivity contribution >= 4 is 0 Å². The predicted octanol–water partition coefficient (Wildman–Crippen LogP) is -5.89. The molecule has 0 aromatic heterocycles. The van der Waals surface area contributed by atoms with Gasteiger partial charge in [-0.15, -0.1) is 0 Å². The largest absolute Gasteiger partial charge is 0.360 e. The Morgan fingerprint density at radius 2 is 0.926 bits per heavy atom. The van der Waals surface area contributed by atoms with E-state index in [1.54, 1.807) is 0 Å². The summed E-state index contributed by atoms with van der Waals surface area (Å²) in [4.78, 5) is 58.9. The Morgan fingerprint density at radius 3 is 1.48 bits per heavy atom. The maximum atomic E-state index is 5.79. The quantitative estimate of drug-likeness (QED) is 0.198. The van der Waals surface area contributed by atoms with Crippen LogP contribution in [-0.2, 0) is 59.3 Å². The van der Waals surface area contributed by atoms with Gasteiger partial charge >= 0.3 is 25.4 Å². The Hall–Kier alpha value is -1.00. The third kappa shape index (κ3) is 2.86. The van der Waals surface area contributed by atoms with Crippen LogP contribution in [0.25, 0.3) is 0 Å². The second-order valence-electron chi connectivity index (χ2n) is 5.05. The molecule has 8 bridgehead atoms. The van der Waals surface area contributed by atoms with Crippen molar-refractivity contribution < 1.29 is 89.6 Å². The Balaban J connectivity index is 1.73. The zero-order valence-corrected chi connectivity index (χ0v) is 13.1. The van der Waals surface area contributed by atoms with E-state index in [0.717, 1.165) is 0 Å². The molecule has 25 heteroatoms. The maximum Gasteiger partial charge on any atom is 0.360 e. The molecule has 6 rings (SSSR count). The highest BCUT2D eigenvalue weighted by Gasteiger charge is 2.86. The molecule has 10 N–H and O–H groups in total. The van der Waals surface area contributed by atoms with Crippen molar-refractivity contribution in [3.63, 3.8) is 0 Å². The zero-order valence-electron chi connectivity index (χ0n) is 13.1. The van der Waals surface area contributed by atoms with Crippen molar-refractivity contribution in [1.29, 1.82) is 0 Å². The number of hydrogen-bond acceptors (Lipinski definition) is 19. The third-order valence-corrected chi connectivity index (χ3v) is 2.87. The molecule has 0 radical (unpaired) electrons. The Bertz CT molecular complexity index is 671. The van der Waals surface area contributed by atoms with Gasteiger partial charge in [-0.1, -0.05) is 34.2 Å². The first kappa shape index (κ1) is 18.1. The molecule has 0 spiro atoms. The molecule has 0 aromatic carbocycles. The van der Waals surface area contributed by atoms with Gasteiger partial charge in [-0.2, -0.15) is 0 Å². The fourth-order valence-electron chi connectivity index (χ4n) is 2.11. The van der Waals surface area contributed by atoms with Crippen LogP contribution in [0.4, 0.5) is 0 Å². The number of hydroxylamine groups is 3. The van der Waals surface area contributed by atoms with E-state index < -0.39 is 30.4 Å². The minimum Gasteiger partial charge on any atom is -0.0836 e. The normalized spacial score (nSPS) is 62.4. The number of nitrogens with two attached hydrogens (primary N) is 5. The summed E-state index contributed by atoms with van der Waals surface area (Å²) < 4.78 is 0. The molecule has 0 saturated carbocycles. The summed E-state index contributed by atoms with van der Waals surface area (Å²) in [5.41, 5.74) is 0. The van der Waals surface area contributed by atoms with Crippen molar-refractivity contribution in [3.8, 4) is 0 Å². The van der Waals surface area contributed by atoms with Crippen molar-refractivity contribution in [2.45, 2.75) is 6.92 Å². The molecule has 6 aliphatic rings. The van der Waals surface area contributed by atoms with Crippen LogP contribution in [0.5, 0.6) is 0 Å². The monoisotopic (exact) mass is 413 g/mol. The number of quaternary nitrogens is 6. The zero-order chi connectivity index (χ0) is 19.3. The molecular formula is C2H15N13O12+6. The molecule has 8 unspecified atom stereocenters. The van der Waals surface area contributed by atoms with E-state index in [4.69, 9.17) is 88.5 Å². The van der Waals surface area contributed by atoms with Crippen molar-refractivity contribution in [2.75, 3.05) is 6.54 Å². The van der Waals surface area contributed by atoms with Crippen molar-refractivity contribution in [3.05, 3.63) is 0 Å².